The van der Waals surface area contributed by atoms with Crippen molar-refractivity contribution in [3.63, 3.8) is 0 Å². The Labute approximate surface area is 121 Å². The van der Waals surface area contributed by atoms with E-state index in [4.69, 9.17) is 5.11 Å². The SMILES string of the molecule is Cc1ccc(N2CCN(CCCC(=O)O)CC2)cc1C. The molecular weight excluding hydrogens is 252 g/mol. The fraction of sp³-hybridized carbons (Fsp3) is 0.562. The summed E-state index contributed by atoms with van der Waals surface area (Å²) >= 11 is 0. The van der Waals surface area contributed by atoms with E-state index in [0.717, 1.165) is 39.1 Å². The number of nitrogens with zero attached hydrogens (tertiary/aromatic N) is 2. The molecule has 0 atom stereocenters. The van der Waals surface area contributed by atoms with E-state index >= 15 is 0 Å². The summed E-state index contributed by atoms with van der Waals surface area (Å²) in [5.41, 5.74) is 3.98. The lowest BCUT2D eigenvalue weighted by Gasteiger charge is -2.36. The van der Waals surface area contributed by atoms with Crippen LogP contribution in [0.3, 0.4) is 0 Å². The van der Waals surface area contributed by atoms with Crippen molar-refractivity contribution in [1.82, 2.24) is 4.90 Å². The van der Waals surface area contributed by atoms with Crippen molar-refractivity contribution in [1.29, 1.82) is 0 Å². The molecule has 0 unspecified atom stereocenters. The van der Waals surface area contributed by atoms with Gasteiger partial charge in [0.05, 0.1) is 0 Å². The highest BCUT2D eigenvalue weighted by atomic mass is 16.4. The summed E-state index contributed by atoms with van der Waals surface area (Å²) in [6.45, 7) is 9.28. The number of benzene rings is 1. The largest absolute Gasteiger partial charge is 0.481 e. The number of carboxylic acids is 1. The number of piperazine rings is 1. The van der Waals surface area contributed by atoms with Crippen LogP contribution in [0.25, 0.3) is 0 Å². The molecule has 0 bridgehead atoms. The number of carboxylic acid groups (broad SMARTS) is 1. The summed E-state index contributed by atoms with van der Waals surface area (Å²) in [5.74, 6) is -0.696. The first-order valence-corrected chi connectivity index (χ1v) is 7.32. The highest BCUT2D eigenvalue weighted by Crippen LogP contribution is 2.20. The second kappa shape index (κ2) is 6.75. The van der Waals surface area contributed by atoms with Crippen molar-refractivity contribution >= 4 is 11.7 Å². The minimum Gasteiger partial charge on any atom is -0.481 e. The summed E-state index contributed by atoms with van der Waals surface area (Å²) < 4.78 is 0. The summed E-state index contributed by atoms with van der Waals surface area (Å²) in [6, 6.07) is 6.64. The maximum atomic E-state index is 10.5. The molecule has 1 heterocycles. The lowest BCUT2D eigenvalue weighted by molar-refractivity contribution is -0.137. The van der Waals surface area contributed by atoms with E-state index in [2.05, 4.69) is 41.8 Å². The van der Waals surface area contributed by atoms with Crippen LogP contribution in [-0.4, -0.2) is 48.7 Å². The Bertz CT molecular complexity index is 466. The molecule has 0 radical (unpaired) electrons. The second-order valence-electron chi connectivity index (χ2n) is 5.59. The van der Waals surface area contributed by atoms with Crippen LogP contribution < -0.4 is 4.90 Å². The van der Waals surface area contributed by atoms with Gasteiger partial charge in [0, 0.05) is 38.3 Å². The highest BCUT2D eigenvalue weighted by molar-refractivity contribution is 5.66. The summed E-state index contributed by atoms with van der Waals surface area (Å²) in [4.78, 5) is 15.3. The van der Waals surface area contributed by atoms with E-state index in [1.807, 2.05) is 0 Å². The molecule has 110 valence electrons. The van der Waals surface area contributed by atoms with E-state index < -0.39 is 5.97 Å². The Morgan fingerprint density at radius 2 is 1.85 bits per heavy atom. The molecule has 0 saturated carbocycles. The second-order valence-corrected chi connectivity index (χ2v) is 5.59. The van der Waals surface area contributed by atoms with Gasteiger partial charge >= 0.3 is 5.97 Å². The normalized spacial score (nSPS) is 16.4. The van der Waals surface area contributed by atoms with Gasteiger partial charge in [0.1, 0.15) is 0 Å². The van der Waals surface area contributed by atoms with Gasteiger partial charge in [-0.2, -0.15) is 0 Å². The van der Waals surface area contributed by atoms with Gasteiger partial charge in [-0.05, 0) is 50.1 Å². The van der Waals surface area contributed by atoms with Crippen molar-refractivity contribution in [2.24, 2.45) is 0 Å². The van der Waals surface area contributed by atoms with Gasteiger partial charge < -0.3 is 10.0 Å². The number of hydrogen-bond acceptors (Lipinski definition) is 3. The van der Waals surface area contributed by atoms with Gasteiger partial charge in [-0.15, -0.1) is 0 Å². The van der Waals surface area contributed by atoms with Crippen molar-refractivity contribution in [3.05, 3.63) is 29.3 Å². The van der Waals surface area contributed by atoms with E-state index in [0.29, 0.717) is 0 Å². The summed E-state index contributed by atoms with van der Waals surface area (Å²) in [5, 5.41) is 8.66. The van der Waals surface area contributed by atoms with Gasteiger partial charge in [0.15, 0.2) is 0 Å². The number of rotatable bonds is 5. The Morgan fingerprint density at radius 1 is 1.15 bits per heavy atom. The molecule has 0 aliphatic carbocycles. The molecule has 1 fully saturated rings. The molecule has 0 amide bonds. The van der Waals surface area contributed by atoms with Gasteiger partial charge in [-0.3, -0.25) is 9.69 Å². The molecule has 0 aromatic heterocycles. The Morgan fingerprint density at radius 3 is 2.45 bits per heavy atom. The third kappa shape index (κ3) is 3.97. The average Bonchev–Trinajstić information content (AvgIpc) is 2.42. The molecule has 20 heavy (non-hydrogen) atoms. The Balaban J connectivity index is 1.81. The fourth-order valence-corrected chi connectivity index (χ4v) is 2.61. The zero-order valence-corrected chi connectivity index (χ0v) is 12.4. The minimum absolute atomic E-state index is 0.275. The minimum atomic E-state index is -0.696. The van der Waals surface area contributed by atoms with Crippen LogP contribution >= 0.6 is 0 Å². The lowest BCUT2D eigenvalue weighted by Crippen LogP contribution is -2.46. The zero-order chi connectivity index (χ0) is 14.5. The highest BCUT2D eigenvalue weighted by Gasteiger charge is 2.17. The number of carbonyl (C=O) groups is 1. The van der Waals surface area contributed by atoms with Gasteiger partial charge in [-0.1, -0.05) is 6.07 Å². The van der Waals surface area contributed by atoms with Gasteiger partial charge in [0.2, 0.25) is 0 Å². The molecule has 1 aliphatic heterocycles. The van der Waals surface area contributed by atoms with E-state index in [9.17, 15) is 4.79 Å². The van der Waals surface area contributed by atoms with Crippen LogP contribution in [0.15, 0.2) is 18.2 Å². The third-order valence-corrected chi connectivity index (χ3v) is 4.09. The van der Waals surface area contributed by atoms with Crippen LogP contribution in [0.2, 0.25) is 0 Å². The van der Waals surface area contributed by atoms with Crippen LogP contribution in [-0.2, 0) is 4.79 Å². The first-order valence-electron chi connectivity index (χ1n) is 7.32. The smallest absolute Gasteiger partial charge is 0.303 e. The Hall–Kier alpha value is -1.55. The number of hydrogen-bond donors (Lipinski definition) is 1. The summed E-state index contributed by atoms with van der Waals surface area (Å²) in [7, 11) is 0. The molecule has 1 aliphatic rings. The van der Waals surface area contributed by atoms with E-state index in [-0.39, 0.29) is 6.42 Å². The Kier molecular flexibility index (Phi) is 5.01. The van der Waals surface area contributed by atoms with E-state index in [1.54, 1.807) is 0 Å². The first kappa shape index (κ1) is 14.9. The zero-order valence-electron chi connectivity index (χ0n) is 12.4. The molecule has 0 spiro atoms. The predicted molar refractivity (Wildman–Crippen MR) is 81.4 cm³/mol. The van der Waals surface area contributed by atoms with Crippen molar-refractivity contribution < 1.29 is 9.90 Å². The molecule has 4 heteroatoms. The maximum Gasteiger partial charge on any atom is 0.303 e. The predicted octanol–water partition coefficient (Wildman–Crippen LogP) is 2.29. The van der Waals surface area contributed by atoms with Crippen molar-refractivity contribution in [2.45, 2.75) is 26.7 Å². The van der Waals surface area contributed by atoms with Crippen LogP contribution in [0.4, 0.5) is 5.69 Å². The van der Waals surface area contributed by atoms with Crippen molar-refractivity contribution in [3.8, 4) is 0 Å². The van der Waals surface area contributed by atoms with Crippen LogP contribution in [0, 0.1) is 13.8 Å². The molecule has 1 aromatic rings. The lowest BCUT2D eigenvalue weighted by atomic mass is 10.1. The quantitative estimate of drug-likeness (QED) is 0.896. The molecular formula is C16H24N2O2. The molecule has 1 aromatic carbocycles. The van der Waals surface area contributed by atoms with Crippen molar-refractivity contribution in [2.75, 3.05) is 37.6 Å². The number of aryl methyl sites for hydroxylation is 2. The van der Waals surface area contributed by atoms with Gasteiger partial charge in [-0.25, -0.2) is 0 Å². The van der Waals surface area contributed by atoms with E-state index in [1.165, 1.54) is 16.8 Å². The standard InChI is InChI=1S/C16H24N2O2/c1-13-5-6-15(12-14(13)2)18-10-8-17(9-11-18)7-3-4-16(19)20/h5-6,12H,3-4,7-11H2,1-2H3,(H,19,20). The summed E-state index contributed by atoms with van der Waals surface area (Å²) in [6.07, 6.45) is 1.02. The molecule has 2 rings (SSSR count). The first-order chi connectivity index (χ1) is 9.56. The number of aliphatic carboxylic acids is 1. The maximum absolute atomic E-state index is 10.5. The molecule has 1 saturated heterocycles. The monoisotopic (exact) mass is 276 g/mol. The third-order valence-electron chi connectivity index (χ3n) is 4.09. The number of anilines is 1. The van der Waals surface area contributed by atoms with Crippen LogP contribution in [0.1, 0.15) is 24.0 Å². The molecule has 4 nitrogen and oxygen atoms in total. The topological polar surface area (TPSA) is 43.8 Å². The van der Waals surface area contributed by atoms with Crippen LogP contribution in [0.5, 0.6) is 0 Å². The fourth-order valence-electron chi connectivity index (χ4n) is 2.61. The van der Waals surface area contributed by atoms with Gasteiger partial charge in [0.25, 0.3) is 0 Å². The average molecular weight is 276 g/mol. The molecule has 1 N–H and O–H groups in total.